The minimum atomic E-state index is -0.642. The predicted molar refractivity (Wildman–Crippen MR) is 108 cm³/mol. The van der Waals surface area contributed by atoms with Crippen LogP contribution in [0.2, 0.25) is 0 Å². The van der Waals surface area contributed by atoms with Crippen molar-refractivity contribution < 1.29 is 24.2 Å². The van der Waals surface area contributed by atoms with E-state index < -0.39 is 17.4 Å². The summed E-state index contributed by atoms with van der Waals surface area (Å²) in [5, 5.41) is 11.0. The Balaban J connectivity index is 1.91. The first-order valence-corrected chi connectivity index (χ1v) is 8.73. The van der Waals surface area contributed by atoms with Crippen molar-refractivity contribution >= 4 is 28.5 Å². The van der Waals surface area contributed by atoms with Crippen LogP contribution in [0.1, 0.15) is 10.4 Å². The van der Waals surface area contributed by atoms with Gasteiger partial charge in [0, 0.05) is 25.2 Å². The second-order valence-electron chi connectivity index (χ2n) is 6.33. The lowest BCUT2D eigenvalue weighted by Gasteiger charge is -2.19. The van der Waals surface area contributed by atoms with E-state index in [1.54, 1.807) is 55.6 Å². The number of amides is 1. The summed E-state index contributed by atoms with van der Waals surface area (Å²) in [5.41, 5.74) is 0.118. The highest BCUT2D eigenvalue weighted by Gasteiger charge is 2.24. The van der Waals surface area contributed by atoms with Crippen molar-refractivity contribution in [2.75, 3.05) is 25.7 Å². The molecule has 29 heavy (non-hydrogen) atoms. The number of carbonyl (C=O) groups is 2. The molecule has 8 heteroatoms. The summed E-state index contributed by atoms with van der Waals surface area (Å²) in [5.74, 6) is -1.08. The predicted octanol–water partition coefficient (Wildman–Crippen LogP) is 2.07. The maximum absolute atomic E-state index is 13.0. The molecule has 1 heterocycles. The highest BCUT2D eigenvalue weighted by Crippen LogP contribution is 2.28. The van der Waals surface area contributed by atoms with Crippen LogP contribution in [0, 0.1) is 0 Å². The summed E-state index contributed by atoms with van der Waals surface area (Å²) >= 11 is 0. The van der Waals surface area contributed by atoms with Crippen molar-refractivity contribution in [2.45, 2.75) is 0 Å². The maximum atomic E-state index is 13.0. The molecular weight excluding hydrogens is 376 g/mol. The standard InChI is InChI=1S/C21H20N2O6/c1-22(13-8-10-14(11-9-13)29-12-17(24)28-3)20(26)18-19(25)15-6-4-5-7-16(15)23(2)21(18)27/h4-11,25H,12H2,1-3H3. The Labute approximate surface area is 166 Å². The molecular formula is C21H20N2O6. The maximum Gasteiger partial charge on any atom is 0.343 e. The normalized spacial score (nSPS) is 10.6. The van der Waals surface area contributed by atoms with E-state index in [0.29, 0.717) is 22.3 Å². The van der Waals surface area contributed by atoms with Crippen LogP contribution >= 0.6 is 0 Å². The van der Waals surface area contributed by atoms with Gasteiger partial charge in [-0.15, -0.1) is 0 Å². The van der Waals surface area contributed by atoms with Crippen LogP contribution in [-0.4, -0.2) is 42.3 Å². The molecule has 0 saturated carbocycles. The number of esters is 1. The molecule has 1 amide bonds. The van der Waals surface area contributed by atoms with Gasteiger partial charge in [-0.2, -0.15) is 0 Å². The zero-order chi connectivity index (χ0) is 21.1. The number of aromatic hydroxyl groups is 1. The third-order valence-corrected chi connectivity index (χ3v) is 4.60. The van der Waals surface area contributed by atoms with E-state index in [9.17, 15) is 19.5 Å². The zero-order valence-corrected chi connectivity index (χ0v) is 16.2. The second-order valence-corrected chi connectivity index (χ2v) is 6.33. The summed E-state index contributed by atoms with van der Waals surface area (Å²) in [6.45, 7) is -0.231. The topological polar surface area (TPSA) is 98.1 Å². The fourth-order valence-corrected chi connectivity index (χ4v) is 2.92. The van der Waals surface area contributed by atoms with Crippen LogP contribution < -0.4 is 15.2 Å². The average molecular weight is 396 g/mol. The van der Waals surface area contributed by atoms with Crippen LogP contribution in [0.25, 0.3) is 10.9 Å². The van der Waals surface area contributed by atoms with Crippen LogP contribution in [-0.2, 0) is 16.6 Å². The molecule has 0 atom stereocenters. The molecule has 1 N–H and O–H groups in total. The van der Waals surface area contributed by atoms with E-state index >= 15 is 0 Å². The number of ether oxygens (including phenoxy) is 2. The van der Waals surface area contributed by atoms with Gasteiger partial charge in [-0.05, 0) is 36.4 Å². The van der Waals surface area contributed by atoms with Crippen molar-refractivity contribution in [3.8, 4) is 11.5 Å². The molecule has 0 aliphatic heterocycles. The van der Waals surface area contributed by atoms with Gasteiger partial charge in [0.2, 0.25) is 0 Å². The lowest BCUT2D eigenvalue weighted by Crippen LogP contribution is -2.34. The average Bonchev–Trinajstić information content (AvgIpc) is 2.75. The third kappa shape index (κ3) is 3.77. The fraction of sp³-hybridized carbons (Fsp3) is 0.190. The highest BCUT2D eigenvalue weighted by molar-refractivity contribution is 6.10. The van der Waals surface area contributed by atoms with Crippen molar-refractivity contribution in [2.24, 2.45) is 7.05 Å². The lowest BCUT2D eigenvalue weighted by molar-refractivity contribution is -0.142. The second kappa shape index (κ2) is 8.05. The summed E-state index contributed by atoms with van der Waals surface area (Å²) in [7, 11) is 4.32. The van der Waals surface area contributed by atoms with Gasteiger partial charge in [-0.3, -0.25) is 9.59 Å². The number of carbonyl (C=O) groups excluding carboxylic acids is 2. The molecule has 0 unspecified atom stereocenters. The Hall–Kier alpha value is -3.81. The number of nitrogens with zero attached hydrogens (tertiary/aromatic N) is 2. The number of fused-ring (bicyclic) bond motifs is 1. The first-order chi connectivity index (χ1) is 13.8. The molecule has 150 valence electrons. The van der Waals surface area contributed by atoms with Gasteiger partial charge >= 0.3 is 5.97 Å². The minimum Gasteiger partial charge on any atom is -0.506 e. The largest absolute Gasteiger partial charge is 0.506 e. The Morgan fingerprint density at radius 2 is 1.76 bits per heavy atom. The lowest BCUT2D eigenvalue weighted by atomic mass is 10.1. The minimum absolute atomic E-state index is 0.231. The molecule has 0 aliphatic rings. The molecule has 8 nitrogen and oxygen atoms in total. The van der Waals surface area contributed by atoms with E-state index in [0.717, 1.165) is 0 Å². The highest BCUT2D eigenvalue weighted by atomic mass is 16.6. The number of anilines is 1. The number of para-hydroxylation sites is 1. The first-order valence-electron chi connectivity index (χ1n) is 8.73. The molecule has 2 aromatic carbocycles. The Kier molecular flexibility index (Phi) is 5.54. The van der Waals surface area contributed by atoms with E-state index in [1.165, 1.54) is 23.6 Å². The molecule has 0 saturated heterocycles. The summed E-state index contributed by atoms with van der Waals surface area (Å²) in [6.07, 6.45) is 0. The van der Waals surface area contributed by atoms with Gasteiger partial charge < -0.3 is 24.0 Å². The van der Waals surface area contributed by atoms with E-state index in [-0.39, 0.29) is 17.9 Å². The Morgan fingerprint density at radius 1 is 1.10 bits per heavy atom. The van der Waals surface area contributed by atoms with Crippen LogP contribution in [0.3, 0.4) is 0 Å². The van der Waals surface area contributed by atoms with Crippen LogP contribution in [0.15, 0.2) is 53.3 Å². The van der Waals surface area contributed by atoms with Crippen molar-refractivity contribution in [1.29, 1.82) is 0 Å². The fourth-order valence-electron chi connectivity index (χ4n) is 2.92. The number of aromatic nitrogens is 1. The number of benzene rings is 2. The van der Waals surface area contributed by atoms with Crippen molar-refractivity contribution in [1.82, 2.24) is 4.57 Å². The van der Waals surface area contributed by atoms with Gasteiger partial charge in [0.05, 0.1) is 12.6 Å². The van der Waals surface area contributed by atoms with E-state index in [2.05, 4.69) is 4.74 Å². The summed E-state index contributed by atoms with van der Waals surface area (Å²) in [4.78, 5) is 38.1. The number of rotatable bonds is 5. The molecule has 3 rings (SSSR count). The monoisotopic (exact) mass is 396 g/mol. The molecule has 3 aromatic rings. The molecule has 0 bridgehead atoms. The van der Waals surface area contributed by atoms with Crippen LogP contribution in [0.4, 0.5) is 5.69 Å². The Bertz CT molecular complexity index is 1130. The molecule has 0 aliphatic carbocycles. The zero-order valence-electron chi connectivity index (χ0n) is 16.2. The number of aryl methyl sites for hydroxylation is 1. The van der Waals surface area contributed by atoms with E-state index in [1.807, 2.05) is 0 Å². The number of hydrogen-bond acceptors (Lipinski definition) is 6. The van der Waals surface area contributed by atoms with Gasteiger partial charge in [0.1, 0.15) is 17.1 Å². The SMILES string of the molecule is COC(=O)COc1ccc(N(C)C(=O)c2c(O)c3ccccc3n(C)c2=O)cc1. The van der Waals surface area contributed by atoms with Crippen molar-refractivity contribution in [3.63, 3.8) is 0 Å². The number of methoxy groups -OCH3 is 1. The van der Waals surface area contributed by atoms with Gasteiger partial charge in [0.15, 0.2) is 6.61 Å². The van der Waals surface area contributed by atoms with Crippen LogP contribution in [0.5, 0.6) is 11.5 Å². The first kappa shape index (κ1) is 19.9. The van der Waals surface area contributed by atoms with E-state index in [4.69, 9.17) is 4.74 Å². The molecule has 1 aromatic heterocycles. The molecule has 0 radical (unpaired) electrons. The third-order valence-electron chi connectivity index (χ3n) is 4.60. The smallest absolute Gasteiger partial charge is 0.343 e. The van der Waals surface area contributed by atoms with Gasteiger partial charge in [-0.1, -0.05) is 12.1 Å². The number of hydrogen-bond donors (Lipinski definition) is 1. The molecule has 0 spiro atoms. The number of pyridine rings is 1. The Morgan fingerprint density at radius 3 is 2.41 bits per heavy atom. The van der Waals surface area contributed by atoms with Crippen molar-refractivity contribution in [3.05, 3.63) is 64.4 Å². The van der Waals surface area contributed by atoms with Gasteiger partial charge in [0.25, 0.3) is 11.5 Å². The quantitative estimate of drug-likeness (QED) is 0.663. The summed E-state index contributed by atoms with van der Waals surface area (Å²) < 4.78 is 11.1. The summed E-state index contributed by atoms with van der Waals surface area (Å²) in [6, 6.07) is 13.2. The van der Waals surface area contributed by atoms with Gasteiger partial charge in [-0.25, -0.2) is 4.79 Å². The molecule has 0 fully saturated rings.